The van der Waals surface area contributed by atoms with Crippen LogP contribution in [0.1, 0.15) is 13.8 Å². The highest BCUT2D eigenvalue weighted by Gasteiger charge is 2.22. The molecule has 0 amide bonds. The topological polar surface area (TPSA) is 86.2 Å². The summed E-state index contributed by atoms with van der Waals surface area (Å²) in [5.74, 6) is -1.17. The number of hydrogen-bond acceptors (Lipinski definition) is 4. The number of ketones is 2. The molecular formula is C7H14N2O2. The van der Waals surface area contributed by atoms with E-state index < -0.39 is 17.6 Å². The number of nitrogens with two attached hydrogens (primary N) is 2. The van der Waals surface area contributed by atoms with E-state index >= 15 is 0 Å². The van der Waals surface area contributed by atoms with E-state index in [-0.39, 0.29) is 12.5 Å². The SMILES string of the molecule is CC(C)C(N)C(=O)C(=O)CN. The third kappa shape index (κ3) is 2.78. The van der Waals surface area contributed by atoms with Crippen molar-refractivity contribution in [3.05, 3.63) is 0 Å². The lowest BCUT2D eigenvalue weighted by molar-refractivity contribution is -0.137. The zero-order valence-corrected chi connectivity index (χ0v) is 6.83. The van der Waals surface area contributed by atoms with Crippen LogP contribution in [0.3, 0.4) is 0 Å². The molecule has 4 nitrogen and oxygen atoms in total. The van der Waals surface area contributed by atoms with Crippen LogP contribution in [0.2, 0.25) is 0 Å². The maximum absolute atomic E-state index is 11.0. The van der Waals surface area contributed by atoms with E-state index in [0.29, 0.717) is 0 Å². The van der Waals surface area contributed by atoms with E-state index in [1.54, 1.807) is 13.8 Å². The van der Waals surface area contributed by atoms with Gasteiger partial charge in [-0.05, 0) is 5.92 Å². The Morgan fingerprint density at radius 1 is 1.36 bits per heavy atom. The summed E-state index contributed by atoms with van der Waals surface area (Å²) in [4.78, 5) is 21.7. The van der Waals surface area contributed by atoms with Gasteiger partial charge in [0.15, 0.2) is 0 Å². The Hall–Kier alpha value is -0.740. The number of rotatable bonds is 4. The second kappa shape index (κ2) is 4.20. The Morgan fingerprint density at radius 2 is 1.82 bits per heavy atom. The van der Waals surface area contributed by atoms with Crippen molar-refractivity contribution in [1.82, 2.24) is 0 Å². The molecule has 0 fully saturated rings. The van der Waals surface area contributed by atoms with Crippen LogP contribution in [0.15, 0.2) is 0 Å². The highest BCUT2D eigenvalue weighted by Crippen LogP contribution is 1.99. The third-order valence-electron chi connectivity index (χ3n) is 1.48. The van der Waals surface area contributed by atoms with Gasteiger partial charge in [-0.1, -0.05) is 13.8 Å². The zero-order chi connectivity index (χ0) is 9.02. The predicted molar refractivity (Wildman–Crippen MR) is 41.9 cm³/mol. The summed E-state index contributed by atoms with van der Waals surface area (Å²) in [5, 5.41) is 0. The van der Waals surface area contributed by atoms with E-state index in [4.69, 9.17) is 11.5 Å². The van der Waals surface area contributed by atoms with Gasteiger partial charge < -0.3 is 11.5 Å². The fourth-order valence-corrected chi connectivity index (χ4v) is 0.589. The molecule has 0 saturated heterocycles. The molecule has 0 aliphatic carbocycles. The van der Waals surface area contributed by atoms with Crippen LogP contribution in [0.5, 0.6) is 0 Å². The molecule has 1 unspecified atom stereocenters. The first-order chi connectivity index (χ1) is 5.00. The fraction of sp³-hybridized carbons (Fsp3) is 0.714. The van der Waals surface area contributed by atoms with Crippen molar-refractivity contribution in [1.29, 1.82) is 0 Å². The van der Waals surface area contributed by atoms with Crippen molar-refractivity contribution in [3.63, 3.8) is 0 Å². The van der Waals surface area contributed by atoms with Gasteiger partial charge in [0.25, 0.3) is 0 Å². The molecule has 64 valence electrons. The molecule has 0 spiro atoms. The lowest BCUT2D eigenvalue weighted by Crippen LogP contribution is -2.42. The maximum atomic E-state index is 11.0. The zero-order valence-electron chi connectivity index (χ0n) is 6.83. The van der Waals surface area contributed by atoms with E-state index in [0.717, 1.165) is 0 Å². The first kappa shape index (κ1) is 10.3. The van der Waals surface area contributed by atoms with Crippen LogP contribution in [0, 0.1) is 5.92 Å². The normalized spacial score (nSPS) is 13.2. The lowest BCUT2D eigenvalue weighted by Gasteiger charge is -2.11. The Bertz CT molecular complexity index is 166. The third-order valence-corrected chi connectivity index (χ3v) is 1.48. The van der Waals surface area contributed by atoms with Gasteiger partial charge in [-0.15, -0.1) is 0 Å². The van der Waals surface area contributed by atoms with Crippen molar-refractivity contribution in [2.75, 3.05) is 6.54 Å². The van der Waals surface area contributed by atoms with Crippen LogP contribution < -0.4 is 11.5 Å². The molecule has 1 atom stereocenters. The summed E-state index contributed by atoms with van der Waals surface area (Å²) in [6.45, 7) is 3.32. The molecule has 0 rings (SSSR count). The molecule has 0 aliphatic rings. The largest absolute Gasteiger partial charge is 0.324 e. The monoisotopic (exact) mass is 158 g/mol. The van der Waals surface area contributed by atoms with Gasteiger partial charge in [-0.2, -0.15) is 0 Å². The van der Waals surface area contributed by atoms with Crippen LogP contribution in [0.4, 0.5) is 0 Å². The molecule has 0 bridgehead atoms. The molecule has 0 saturated carbocycles. The second-order valence-corrected chi connectivity index (χ2v) is 2.76. The fourth-order valence-electron chi connectivity index (χ4n) is 0.589. The van der Waals surface area contributed by atoms with E-state index in [1.165, 1.54) is 0 Å². The summed E-state index contributed by atoms with van der Waals surface area (Å²) in [6, 6.07) is -0.703. The van der Waals surface area contributed by atoms with Crippen molar-refractivity contribution < 1.29 is 9.59 Å². The molecule has 0 radical (unpaired) electrons. The smallest absolute Gasteiger partial charge is 0.216 e. The van der Waals surface area contributed by atoms with Crippen molar-refractivity contribution in [3.8, 4) is 0 Å². The highest BCUT2D eigenvalue weighted by atomic mass is 16.2. The van der Waals surface area contributed by atoms with E-state index in [1.807, 2.05) is 0 Å². The van der Waals surface area contributed by atoms with Gasteiger partial charge >= 0.3 is 0 Å². The molecule has 0 aliphatic heterocycles. The first-order valence-electron chi connectivity index (χ1n) is 3.53. The van der Waals surface area contributed by atoms with Crippen molar-refractivity contribution in [2.24, 2.45) is 17.4 Å². The van der Waals surface area contributed by atoms with Crippen LogP contribution in [-0.4, -0.2) is 24.2 Å². The summed E-state index contributed by atoms with van der Waals surface area (Å²) < 4.78 is 0. The van der Waals surface area contributed by atoms with Gasteiger partial charge in [0.1, 0.15) is 0 Å². The molecule has 11 heavy (non-hydrogen) atoms. The molecule has 4 heteroatoms. The van der Waals surface area contributed by atoms with Crippen molar-refractivity contribution in [2.45, 2.75) is 19.9 Å². The number of carbonyl (C=O) groups excluding carboxylic acids is 2. The molecule has 0 aromatic rings. The van der Waals surface area contributed by atoms with Gasteiger partial charge in [0, 0.05) is 0 Å². The van der Waals surface area contributed by atoms with Crippen LogP contribution in [-0.2, 0) is 9.59 Å². The first-order valence-corrected chi connectivity index (χ1v) is 3.53. The van der Waals surface area contributed by atoms with E-state index in [9.17, 15) is 9.59 Å². The average molecular weight is 158 g/mol. The summed E-state index contributed by atoms with van der Waals surface area (Å²) in [5.41, 5.74) is 10.4. The Kier molecular flexibility index (Phi) is 3.92. The molecule has 0 heterocycles. The van der Waals surface area contributed by atoms with Gasteiger partial charge in [-0.25, -0.2) is 0 Å². The maximum Gasteiger partial charge on any atom is 0.216 e. The summed E-state index contributed by atoms with van der Waals surface area (Å²) >= 11 is 0. The van der Waals surface area contributed by atoms with E-state index in [2.05, 4.69) is 0 Å². The Morgan fingerprint density at radius 3 is 2.09 bits per heavy atom. The minimum Gasteiger partial charge on any atom is -0.324 e. The summed E-state index contributed by atoms with van der Waals surface area (Å²) in [6.07, 6.45) is 0. The Balaban J connectivity index is 4.14. The summed E-state index contributed by atoms with van der Waals surface area (Å²) in [7, 11) is 0. The highest BCUT2D eigenvalue weighted by molar-refractivity contribution is 6.39. The number of Topliss-reactive ketones (excluding diaryl/α,β-unsaturated/α-hetero) is 2. The molecule has 0 aromatic heterocycles. The predicted octanol–water partition coefficient (Wildman–Crippen LogP) is -0.933. The van der Waals surface area contributed by atoms with Crippen molar-refractivity contribution >= 4 is 11.6 Å². The van der Waals surface area contributed by atoms with Gasteiger partial charge in [-0.3, -0.25) is 9.59 Å². The Labute approximate surface area is 65.9 Å². The molecular weight excluding hydrogens is 144 g/mol. The van der Waals surface area contributed by atoms with Gasteiger partial charge in [0.2, 0.25) is 11.6 Å². The van der Waals surface area contributed by atoms with Crippen LogP contribution >= 0.6 is 0 Å². The van der Waals surface area contributed by atoms with Gasteiger partial charge in [0.05, 0.1) is 12.6 Å². The number of hydrogen-bond donors (Lipinski definition) is 2. The number of carbonyl (C=O) groups is 2. The average Bonchev–Trinajstić information content (AvgIpc) is 2.00. The lowest BCUT2D eigenvalue weighted by atomic mass is 9.98. The molecule has 0 aromatic carbocycles. The second-order valence-electron chi connectivity index (χ2n) is 2.76. The standard InChI is InChI=1S/C7H14N2O2/c1-4(2)6(9)7(11)5(10)3-8/h4,6H,3,8-9H2,1-2H3. The quantitative estimate of drug-likeness (QED) is 0.517. The minimum atomic E-state index is -0.703. The minimum absolute atomic E-state index is 0.0157. The van der Waals surface area contributed by atoms with Crippen LogP contribution in [0.25, 0.3) is 0 Å². The molecule has 4 N–H and O–H groups in total.